The summed E-state index contributed by atoms with van der Waals surface area (Å²) in [5.41, 5.74) is 0.711. The van der Waals surface area contributed by atoms with E-state index < -0.39 is 0 Å². The maximum Gasteiger partial charge on any atom is 0.305 e. The first-order valence-corrected chi connectivity index (χ1v) is 9.62. The molecule has 0 saturated carbocycles. The fraction of sp³-hybridized carbons (Fsp3) is 0.235. The van der Waals surface area contributed by atoms with Crippen LogP contribution in [0.15, 0.2) is 30.3 Å². The van der Waals surface area contributed by atoms with E-state index in [-0.39, 0.29) is 29.4 Å². The van der Waals surface area contributed by atoms with E-state index in [4.69, 9.17) is 11.6 Å². The number of benzene rings is 1. The molecule has 0 aliphatic carbocycles. The highest BCUT2D eigenvalue weighted by atomic mass is 79.9. The number of halogens is 2. The molecule has 0 bridgehead atoms. The molecule has 5 nitrogen and oxygen atoms in total. The summed E-state index contributed by atoms with van der Waals surface area (Å²) >= 11 is 10.5. The number of ether oxygens (including phenoxy) is 1. The lowest BCUT2D eigenvalue weighted by Gasteiger charge is -2.05. The van der Waals surface area contributed by atoms with Gasteiger partial charge in [0.1, 0.15) is 5.00 Å². The molecule has 25 heavy (non-hydrogen) atoms. The van der Waals surface area contributed by atoms with Gasteiger partial charge < -0.3 is 10.1 Å². The van der Waals surface area contributed by atoms with Gasteiger partial charge in [0.2, 0.25) is 5.91 Å². The quantitative estimate of drug-likeness (QED) is 0.397. The Morgan fingerprint density at radius 2 is 1.96 bits per heavy atom. The molecule has 1 N–H and O–H groups in total. The van der Waals surface area contributed by atoms with E-state index in [0.717, 1.165) is 4.88 Å². The molecule has 1 heterocycles. The van der Waals surface area contributed by atoms with Crippen LogP contribution in [0.4, 0.5) is 5.00 Å². The average Bonchev–Trinajstić information content (AvgIpc) is 3.02. The van der Waals surface area contributed by atoms with Crippen molar-refractivity contribution in [2.45, 2.75) is 12.8 Å². The van der Waals surface area contributed by atoms with Crippen LogP contribution in [0.1, 0.15) is 27.2 Å². The Morgan fingerprint density at radius 1 is 1.24 bits per heavy atom. The van der Waals surface area contributed by atoms with Crippen LogP contribution in [0.25, 0.3) is 0 Å². The van der Waals surface area contributed by atoms with Gasteiger partial charge in [0.05, 0.1) is 29.4 Å². The molecule has 1 aromatic carbocycles. The molecular formula is C17H15BrClNO4S. The van der Waals surface area contributed by atoms with Gasteiger partial charge >= 0.3 is 5.97 Å². The predicted molar refractivity (Wildman–Crippen MR) is 102 cm³/mol. The molecule has 0 aliphatic rings. The number of carbonyl (C=O) groups is 3. The maximum absolute atomic E-state index is 12.8. The van der Waals surface area contributed by atoms with Gasteiger partial charge in [0.25, 0.3) is 0 Å². The summed E-state index contributed by atoms with van der Waals surface area (Å²) < 4.78 is 4.63. The minimum atomic E-state index is -0.335. The lowest BCUT2D eigenvalue weighted by molar-refractivity contribution is -0.140. The highest BCUT2D eigenvalue weighted by Crippen LogP contribution is 2.32. The number of aryl methyl sites for hydroxylation is 1. The minimum absolute atomic E-state index is 0.113. The topological polar surface area (TPSA) is 72.5 Å². The molecule has 8 heteroatoms. The van der Waals surface area contributed by atoms with Crippen LogP contribution < -0.4 is 5.32 Å². The van der Waals surface area contributed by atoms with E-state index in [1.165, 1.54) is 18.4 Å². The van der Waals surface area contributed by atoms with Crippen LogP contribution in [0, 0.1) is 0 Å². The number of carbonyl (C=O) groups excluding carboxylic acids is 3. The van der Waals surface area contributed by atoms with Crippen LogP contribution in [-0.4, -0.2) is 30.1 Å². The lowest BCUT2D eigenvalue weighted by Crippen LogP contribution is -2.14. The number of nitrogens with one attached hydrogen (secondary N) is 1. The van der Waals surface area contributed by atoms with E-state index in [9.17, 15) is 14.4 Å². The van der Waals surface area contributed by atoms with Gasteiger partial charge in [-0.25, -0.2) is 0 Å². The summed E-state index contributed by atoms with van der Waals surface area (Å²) in [5.74, 6) is -0.885. The second kappa shape index (κ2) is 9.12. The largest absolute Gasteiger partial charge is 0.469 e. The first-order chi connectivity index (χ1) is 12.0. The molecule has 0 fully saturated rings. The summed E-state index contributed by atoms with van der Waals surface area (Å²) in [4.78, 5) is 36.7. The van der Waals surface area contributed by atoms with Crippen molar-refractivity contribution >= 4 is 61.5 Å². The second-order valence-electron chi connectivity index (χ2n) is 5.02. The summed E-state index contributed by atoms with van der Waals surface area (Å²) in [5, 5.41) is 3.60. The van der Waals surface area contributed by atoms with Crippen LogP contribution in [0.2, 0.25) is 5.02 Å². The molecule has 132 valence electrons. The Labute approximate surface area is 162 Å². The summed E-state index contributed by atoms with van der Waals surface area (Å²) in [7, 11) is 1.32. The normalized spacial score (nSPS) is 10.4. The van der Waals surface area contributed by atoms with Gasteiger partial charge in [-0.1, -0.05) is 39.7 Å². The molecule has 1 aromatic heterocycles. The number of methoxy groups -OCH3 is 1. The van der Waals surface area contributed by atoms with Crippen molar-refractivity contribution < 1.29 is 19.1 Å². The fourth-order valence-corrected chi connectivity index (χ4v) is 3.54. The van der Waals surface area contributed by atoms with Crippen molar-refractivity contribution in [3.05, 3.63) is 51.4 Å². The molecule has 1 amide bonds. The molecule has 0 aliphatic heterocycles. The summed E-state index contributed by atoms with van der Waals surface area (Å²) in [6.07, 6.45) is 0.618. The second-order valence-corrected chi connectivity index (χ2v) is 7.13. The van der Waals surface area contributed by atoms with Gasteiger partial charge in [-0.15, -0.1) is 11.3 Å². The molecule has 2 rings (SSSR count). The number of thiophene rings is 1. The first-order valence-electron chi connectivity index (χ1n) is 7.30. The van der Waals surface area contributed by atoms with Gasteiger partial charge in [-0.2, -0.15) is 0 Å². The van der Waals surface area contributed by atoms with Crippen LogP contribution in [-0.2, 0) is 20.7 Å². The molecular weight excluding hydrogens is 430 g/mol. The smallest absolute Gasteiger partial charge is 0.305 e. The van der Waals surface area contributed by atoms with Gasteiger partial charge in [-0.05, 0) is 24.6 Å². The van der Waals surface area contributed by atoms with E-state index in [0.29, 0.717) is 27.6 Å². The van der Waals surface area contributed by atoms with Crippen LogP contribution >= 0.6 is 38.9 Å². The predicted octanol–water partition coefficient (Wildman–Crippen LogP) is 4.07. The maximum atomic E-state index is 12.8. The van der Waals surface area contributed by atoms with Crippen molar-refractivity contribution in [3.63, 3.8) is 0 Å². The number of rotatable bonds is 7. The minimum Gasteiger partial charge on any atom is -0.469 e. The Balaban J connectivity index is 2.34. The molecule has 0 atom stereocenters. The highest BCUT2D eigenvalue weighted by Gasteiger charge is 2.21. The van der Waals surface area contributed by atoms with E-state index in [1.54, 1.807) is 30.3 Å². The van der Waals surface area contributed by atoms with Crippen LogP contribution in [0.3, 0.4) is 0 Å². The third kappa shape index (κ3) is 5.14. The monoisotopic (exact) mass is 443 g/mol. The molecule has 0 radical (unpaired) electrons. The fourth-order valence-electron chi connectivity index (χ4n) is 2.10. The van der Waals surface area contributed by atoms with Crippen molar-refractivity contribution in [2.24, 2.45) is 0 Å². The van der Waals surface area contributed by atoms with Crippen molar-refractivity contribution in [3.8, 4) is 0 Å². The number of alkyl halides is 1. The molecule has 0 saturated heterocycles. The van der Waals surface area contributed by atoms with Crippen molar-refractivity contribution in [1.82, 2.24) is 0 Å². The summed E-state index contributed by atoms with van der Waals surface area (Å²) in [6.45, 7) is 0. The number of hydrogen-bond donors (Lipinski definition) is 1. The number of ketones is 1. The molecule has 2 aromatic rings. The molecule has 0 spiro atoms. The third-order valence-corrected chi connectivity index (χ3v) is 5.27. The van der Waals surface area contributed by atoms with E-state index in [2.05, 4.69) is 26.0 Å². The van der Waals surface area contributed by atoms with E-state index >= 15 is 0 Å². The zero-order chi connectivity index (χ0) is 18.4. The Bertz CT molecular complexity index is 806. The van der Waals surface area contributed by atoms with E-state index in [1.807, 2.05) is 0 Å². The van der Waals surface area contributed by atoms with Crippen molar-refractivity contribution in [1.29, 1.82) is 0 Å². The number of hydrogen-bond acceptors (Lipinski definition) is 5. The van der Waals surface area contributed by atoms with Gasteiger partial charge in [-0.3, -0.25) is 14.4 Å². The zero-order valence-electron chi connectivity index (χ0n) is 13.3. The van der Waals surface area contributed by atoms with Crippen LogP contribution in [0.5, 0.6) is 0 Å². The lowest BCUT2D eigenvalue weighted by atomic mass is 10.0. The van der Waals surface area contributed by atoms with Crippen molar-refractivity contribution in [2.75, 3.05) is 17.8 Å². The number of amides is 1. The standard InChI is InChI=1S/C17H15BrClNO4S/c1-24-15(22)7-6-10-8-12(17(25-10)20-14(21)9-18)16(23)11-4-2-3-5-13(11)19/h2-5,8H,6-7,9H2,1H3,(H,20,21). The Hall–Kier alpha value is -1.70. The first kappa shape index (κ1) is 19.6. The number of esters is 1. The Morgan fingerprint density at radius 3 is 2.60 bits per heavy atom. The highest BCUT2D eigenvalue weighted by molar-refractivity contribution is 9.09. The van der Waals surface area contributed by atoms with Gasteiger partial charge in [0, 0.05) is 10.4 Å². The Kier molecular flexibility index (Phi) is 7.16. The third-order valence-electron chi connectivity index (χ3n) is 3.32. The zero-order valence-corrected chi connectivity index (χ0v) is 16.5. The number of anilines is 1. The summed E-state index contributed by atoms with van der Waals surface area (Å²) in [6, 6.07) is 8.41. The van der Waals surface area contributed by atoms with Gasteiger partial charge in [0.15, 0.2) is 5.78 Å². The average molecular weight is 445 g/mol. The SMILES string of the molecule is COC(=O)CCc1cc(C(=O)c2ccccc2Cl)c(NC(=O)CBr)s1. The molecule has 0 unspecified atom stereocenters.